The Morgan fingerprint density at radius 1 is 1.27 bits per heavy atom. The van der Waals surface area contributed by atoms with E-state index in [1.165, 1.54) is 25.7 Å². The Morgan fingerprint density at radius 2 is 2.00 bits per heavy atom. The van der Waals surface area contributed by atoms with Crippen LogP contribution in [0.2, 0.25) is 0 Å². The molecule has 0 aromatic carbocycles. The highest BCUT2D eigenvalue weighted by Crippen LogP contribution is 2.30. The molecule has 0 aromatic heterocycles. The van der Waals surface area contributed by atoms with Gasteiger partial charge in [0.15, 0.2) is 0 Å². The Labute approximate surface area is 68.0 Å². The summed E-state index contributed by atoms with van der Waals surface area (Å²) in [5.41, 5.74) is 7.56. The van der Waals surface area contributed by atoms with Crippen LogP contribution in [0.1, 0.15) is 32.1 Å². The van der Waals surface area contributed by atoms with E-state index in [0.717, 1.165) is 18.0 Å². The van der Waals surface area contributed by atoms with Gasteiger partial charge in [0.2, 0.25) is 0 Å². The first kappa shape index (κ1) is 7.17. The van der Waals surface area contributed by atoms with Crippen molar-refractivity contribution in [3.8, 4) is 0 Å². The number of hydrazine groups is 1. The maximum Gasteiger partial charge on any atom is 0.0343 e. The molecule has 0 radical (unpaired) electrons. The summed E-state index contributed by atoms with van der Waals surface area (Å²) in [5, 5.41) is 0. The van der Waals surface area contributed by atoms with Crippen molar-refractivity contribution >= 4 is 0 Å². The number of rotatable bonds is 1. The van der Waals surface area contributed by atoms with Gasteiger partial charge in [0.05, 0.1) is 0 Å². The van der Waals surface area contributed by atoms with Gasteiger partial charge in [-0.15, -0.1) is 0 Å². The molecular formula is C9H16N2. The van der Waals surface area contributed by atoms with Gasteiger partial charge >= 0.3 is 0 Å². The Balaban J connectivity index is 1.90. The molecule has 0 spiro atoms. The lowest BCUT2D eigenvalue weighted by atomic mass is 9.96. The average Bonchev–Trinajstić information content (AvgIpc) is 2.55. The Morgan fingerprint density at radius 3 is 2.55 bits per heavy atom. The molecule has 1 unspecified atom stereocenters. The van der Waals surface area contributed by atoms with Gasteiger partial charge in [0.25, 0.3) is 0 Å². The van der Waals surface area contributed by atoms with Crippen molar-refractivity contribution in [2.75, 3.05) is 0 Å². The van der Waals surface area contributed by atoms with Crippen molar-refractivity contribution in [2.24, 2.45) is 5.92 Å². The van der Waals surface area contributed by atoms with Crippen LogP contribution in [0.3, 0.4) is 0 Å². The highest BCUT2D eigenvalue weighted by atomic mass is 15.4. The van der Waals surface area contributed by atoms with E-state index in [2.05, 4.69) is 17.4 Å². The van der Waals surface area contributed by atoms with Gasteiger partial charge in [-0.1, -0.05) is 19.4 Å². The second-order valence-electron chi connectivity index (χ2n) is 3.73. The van der Waals surface area contributed by atoms with Gasteiger partial charge in [0, 0.05) is 18.2 Å². The summed E-state index contributed by atoms with van der Waals surface area (Å²) in [6.45, 7) is 3.90. The highest BCUT2D eigenvalue weighted by Gasteiger charge is 2.28. The van der Waals surface area contributed by atoms with Crippen LogP contribution in [0.5, 0.6) is 0 Å². The Kier molecular flexibility index (Phi) is 1.86. The van der Waals surface area contributed by atoms with E-state index in [-0.39, 0.29) is 0 Å². The fourth-order valence-corrected chi connectivity index (χ4v) is 2.21. The van der Waals surface area contributed by atoms with Gasteiger partial charge in [0.1, 0.15) is 0 Å². The van der Waals surface area contributed by atoms with Crippen LogP contribution in [-0.2, 0) is 0 Å². The predicted octanol–water partition coefficient (Wildman–Crippen LogP) is 1.56. The molecule has 2 aliphatic rings. The summed E-state index contributed by atoms with van der Waals surface area (Å²) in [4.78, 5) is 0. The van der Waals surface area contributed by atoms with Crippen molar-refractivity contribution in [2.45, 2.75) is 38.1 Å². The summed E-state index contributed by atoms with van der Waals surface area (Å²) in [6, 6.07) is 0.671. The fraction of sp³-hybridized carbons (Fsp3) is 0.778. The summed E-state index contributed by atoms with van der Waals surface area (Å²) < 4.78 is 0. The van der Waals surface area contributed by atoms with E-state index in [1.54, 1.807) is 0 Å². The molecule has 1 heterocycles. The minimum atomic E-state index is 0.671. The van der Waals surface area contributed by atoms with Crippen LogP contribution in [0.25, 0.3) is 0 Å². The first-order valence-electron chi connectivity index (χ1n) is 4.55. The second-order valence-corrected chi connectivity index (χ2v) is 3.73. The summed E-state index contributed by atoms with van der Waals surface area (Å²) in [6.07, 6.45) is 6.80. The highest BCUT2D eigenvalue weighted by molar-refractivity contribution is 5.02. The Hall–Kier alpha value is -0.500. The van der Waals surface area contributed by atoms with Crippen molar-refractivity contribution in [1.29, 1.82) is 0 Å². The third kappa shape index (κ3) is 1.41. The number of nitrogens with one attached hydrogen (secondary N) is 2. The largest absolute Gasteiger partial charge is 0.326 e. The van der Waals surface area contributed by atoms with Gasteiger partial charge in [-0.3, -0.25) is 0 Å². The molecule has 2 fully saturated rings. The normalized spacial score (nSPS) is 32.7. The molecule has 62 valence electrons. The van der Waals surface area contributed by atoms with Crippen LogP contribution in [0.4, 0.5) is 0 Å². The molecule has 2 rings (SSSR count). The third-order valence-corrected chi connectivity index (χ3v) is 2.87. The molecule has 2 heteroatoms. The average molecular weight is 152 g/mol. The summed E-state index contributed by atoms with van der Waals surface area (Å²) >= 11 is 0. The molecule has 1 saturated heterocycles. The zero-order valence-corrected chi connectivity index (χ0v) is 6.90. The first-order valence-corrected chi connectivity index (χ1v) is 4.55. The number of hydrogen-bond acceptors (Lipinski definition) is 2. The van der Waals surface area contributed by atoms with Crippen molar-refractivity contribution in [3.05, 3.63) is 12.3 Å². The molecule has 1 saturated carbocycles. The molecule has 1 atom stereocenters. The second kappa shape index (κ2) is 2.86. The standard InChI is InChI=1S/C9H16N2/c1-7-6-9(11-10-7)8-4-2-3-5-8/h8-11H,1-6H2. The van der Waals surface area contributed by atoms with Gasteiger partial charge in [-0.05, 0) is 18.8 Å². The minimum absolute atomic E-state index is 0.671. The van der Waals surface area contributed by atoms with Gasteiger partial charge in [-0.2, -0.15) is 0 Å². The van der Waals surface area contributed by atoms with E-state index in [4.69, 9.17) is 0 Å². The molecule has 1 aliphatic carbocycles. The van der Waals surface area contributed by atoms with Crippen LogP contribution >= 0.6 is 0 Å². The molecule has 0 aromatic rings. The van der Waals surface area contributed by atoms with Crippen LogP contribution in [0, 0.1) is 5.92 Å². The van der Waals surface area contributed by atoms with E-state index in [9.17, 15) is 0 Å². The molecule has 1 aliphatic heterocycles. The van der Waals surface area contributed by atoms with E-state index < -0.39 is 0 Å². The van der Waals surface area contributed by atoms with E-state index in [1.807, 2.05) is 0 Å². The van der Waals surface area contributed by atoms with Gasteiger partial charge in [-0.25, -0.2) is 5.43 Å². The smallest absolute Gasteiger partial charge is 0.0343 e. The molecule has 2 nitrogen and oxygen atoms in total. The molecule has 0 bridgehead atoms. The minimum Gasteiger partial charge on any atom is -0.326 e. The fourth-order valence-electron chi connectivity index (χ4n) is 2.21. The molecule has 11 heavy (non-hydrogen) atoms. The lowest BCUT2D eigenvalue weighted by Crippen LogP contribution is -2.34. The maximum absolute atomic E-state index is 3.90. The number of hydrogen-bond donors (Lipinski definition) is 2. The van der Waals surface area contributed by atoms with Crippen LogP contribution < -0.4 is 10.9 Å². The quantitative estimate of drug-likeness (QED) is 0.596. The summed E-state index contributed by atoms with van der Waals surface area (Å²) in [5.74, 6) is 0.904. The van der Waals surface area contributed by atoms with Crippen LogP contribution in [-0.4, -0.2) is 6.04 Å². The van der Waals surface area contributed by atoms with E-state index >= 15 is 0 Å². The third-order valence-electron chi connectivity index (χ3n) is 2.87. The van der Waals surface area contributed by atoms with Gasteiger partial charge < -0.3 is 5.43 Å². The lowest BCUT2D eigenvalue weighted by Gasteiger charge is -2.15. The SMILES string of the molecule is C=C1CC(C2CCCC2)NN1. The lowest BCUT2D eigenvalue weighted by molar-refractivity contribution is 0.384. The predicted molar refractivity (Wildman–Crippen MR) is 45.8 cm³/mol. The zero-order chi connectivity index (χ0) is 7.68. The topological polar surface area (TPSA) is 24.1 Å². The Bertz CT molecular complexity index is 159. The zero-order valence-electron chi connectivity index (χ0n) is 6.90. The molecule has 0 amide bonds. The van der Waals surface area contributed by atoms with Crippen LogP contribution in [0.15, 0.2) is 12.3 Å². The molecule has 2 N–H and O–H groups in total. The maximum atomic E-state index is 3.90. The van der Waals surface area contributed by atoms with Crippen molar-refractivity contribution < 1.29 is 0 Å². The monoisotopic (exact) mass is 152 g/mol. The van der Waals surface area contributed by atoms with E-state index in [0.29, 0.717) is 6.04 Å². The molecular weight excluding hydrogens is 136 g/mol. The summed E-state index contributed by atoms with van der Waals surface area (Å²) in [7, 11) is 0. The van der Waals surface area contributed by atoms with Crippen molar-refractivity contribution in [3.63, 3.8) is 0 Å². The first-order chi connectivity index (χ1) is 5.36. The van der Waals surface area contributed by atoms with Crippen molar-refractivity contribution in [1.82, 2.24) is 10.9 Å².